The van der Waals surface area contributed by atoms with Gasteiger partial charge in [-0.2, -0.15) is 5.10 Å². The highest BCUT2D eigenvalue weighted by Crippen LogP contribution is 2.15. The lowest BCUT2D eigenvalue weighted by molar-refractivity contribution is 0.0832. The topological polar surface area (TPSA) is 49.9 Å². The van der Waals surface area contributed by atoms with Crippen molar-refractivity contribution in [2.45, 2.75) is 45.4 Å². The maximum absolute atomic E-state index is 5.63. The standard InChI is InChI=1S/C11H19N3O/c1-8-10(7-13-14-8)6-12-9(2)11-4-3-5-15-11/h7,9,11-12H,3-6H2,1-2H3,(H,13,14). The second kappa shape index (κ2) is 4.77. The summed E-state index contributed by atoms with van der Waals surface area (Å²) in [6, 6.07) is 0.418. The molecule has 84 valence electrons. The van der Waals surface area contributed by atoms with Gasteiger partial charge in [0.25, 0.3) is 0 Å². The first-order valence-corrected chi connectivity index (χ1v) is 5.61. The lowest BCUT2D eigenvalue weighted by Gasteiger charge is -2.19. The maximum Gasteiger partial charge on any atom is 0.0726 e. The van der Waals surface area contributed by atoms with Gasteiger partial charge in [0, 0.05) is 30.5 Å². The molecule has 2 atom stereocenters. The van der Waals surface area contributed by atoms with Crippen LogP contribution in [0.5, 0.6) is 0 Å². The predicted octanol–water partition coefficient (Wildman–Crippen LogP) is 1.38. The number of nitrogens with zero attached hydrogens (tertiary/aromatic N) is 1. The van der Waals surface area contributed by atoms with Gasteiger partial charge >= 0.3 is 0 Å². The van der Waals surface area contributed by atoms with E-state index in [-0.39, 0.29) is 0 Å². The third-order valence-corrected chi connectivity index (χ3v) is 3.07. The van der Waals surface area contributed by atoms with Crippen LogP contribution < -0.4 is 5.32 Å². The van der Waals surface area contributed by atoms with Crippen molar-refractivity contribution in [3.05, 3.63) is 17.5 Å². The van der Waals surface area contributed by atoms with E-state index in [1.807, 2.05) is 13.1 Å². The number of aromatic amines is 1. The molecule has 2 N–H and O–H groups in total. The third-order valence-electron chi connectivity index (χ3n) is 3.07. The molecule has 0 bridgehead atoms. The number of H-pyrrole nitrogens is 1. The van der Waals surface area contributed by atoms with Gasteiger partial charge in [0.2, 0.25) is 0 Å². The van der Waals surface area contributed by atoms with Gasteiger partial charge in [-0.05, 0) is 26.7 Å². The van der Waals surface area contributed by atoms with Crippen LogP contribution in [0, 0.1) is 6.92 Å². The molecular weight excluding hydrogens is 190 g/mol. The summed E-state index contributed by atoms with van der Waals surface area (Å²) >= 11 is 0. The van der Waals surface area contributed by atoms with E-state index < -0.39 is 0 Å². The third kappa shape index (κ3) is 2.58. The van der Waals surface area contributed by atoms with Gasteiger partial charge in [0.15, 0.2) is 0 Å². The molecule has 2 heterocycles. The van der Waals surface area contributed by atoms with E-state index in [1.165, 1.54) is 18.4 Å². The van der Waals surface area contributed by atoms with Crippen molar-refractivity contribution in [1.29, 1.82) is 0 Å². The second-order valence-electron chi connectivity index (χ2n) is 4.24. The molecule has 4 nitrogen and oxygen atoms in total. The summed E-state index contributed by atoms with van der Waals surface area (Å²) in [6.45, 7) is 6.01. The zero-order valence-electron chi connectivity index (χ0n) is 9.42. The van der Waals surface area contributed by atoms with Gasteiger partial charge in [-0.25, -0.2) is 0 Å². The van der Waals surface area contributed by atoms with Crippen molar-refractivity contribution < 1.29 is 4.74 Å². The molecule has 0 spiro atoms. The van der Waals surface area contributed by atoms with Gasteiger partial charge in [-0.1, -0.05) is 0 Å². The van der Waals surface area contributed by atoms with Crippen LogP contribution in [0.3, 0.4) is 0 Å². The number of aryl methyl sites for hydroxylation is 1. The van der Waals surface area contributed by atoms with Crippen LogP contribution in [0.15, 0.2) is 6.20 Å². The normalized spacial score (nSPS) is 23.2. The first-order chi connectivity index (χ1) is 7.27. The molecule has 1 aromatic heterocycles. The molecule has 0 aromatic carbocycles. The highest BCUT2D eigenvalue weighted by Gasteiger charge is 2.21. The summed E-state index contributed by atoms with van der Waals surface area (Å²) in [5.41, 5.74) is 2.38. The Balaban J connectivity index is 1.80. The molecule has 1 aromatic rings. The molecule has 1 fully saturated rings. The van der Waals surface area contributed by atoms with Gasteiger partial charge in [0.1, 0.15) is 0 Å². The van der Waals surface area contributed by atoms with Crippen molar-refractivity contribution in [3.8, 4) is 0 Å². The Hall–Kier alpha value is -0.870. The second-order valence-corrected chi connectivity index (χ2v) is 4.24. The Bertz CT molecular complexity index is 305. The number of aromatic nitrogens is 2. The van der Waals surface area contributed by atoms with E-state index in [4.69, 9.17) is 4.74 Å². The van der Waals surface area contributed by atoms with E-state index >= 15 is 0 Å². The van der Waals surface area contributed by atoms with Gasteiger partial charge in [-0.15, -0.1) is 0 Å². The van der Waals surface area contributed by atoms with Crippen LogP contribution in [-0.4, -0.2) is 29.0 Å². The highest BCUT2D eigenvalue weighted by atomic mass is 16.5. The summed E-state index contributed by atoms with van der Waals surface area (Å²) in [7, 11) is 0. The molecule has 15 heavy (non-hydrogen) atoms. The van der Waals surface area contributed by atoms with Crippen molar-refractivity contribution in [2.24, 2.45) is 0 Å². The fourth-order valence-corrected chi connectivity index (χ4v) is 1.95. The number of nitrogens with one attached hydrogen (secondary N) is 2. The van der Waals surface area contributed by atoms with E-state index in [0.717, 1.165) is 18.8 Å². The molecule has 2 rings (SSSR count). The first-order valence-electron chi connectivity index (χ1n) is 5.61. The van der Waals surface area contributed by atoms with E-state index in [0.29, 0.717) is 12.1 Å². The van der Waals surface area contributed by atoms with Crippen molar-refractivity contribution in [2.75, 3.05) is 6.61 Å². The van der Waals surface area contributed by atoms with Crippen LogP contribution in [-0.2, 0) is 11.3 Å². The lowest BCUT2D eigenvalue weighted by atomic mass is 10.1. The fourth-order valence-electron chi connectivity index (χ4n) is 1.95. The lowest BCUT2D eigenvalue weighted by Crippen LogP contribution is -2.36. The molecular formula is C11H19N3O. The molecule has 1 aliphatic rings. The summed E-state index contributed by atoms with van der Waals surface area (Å²) in [4.78, 5) is 0. The van der Waals surface area contributed by atoms with Gasteiger partial charge in [0.05, 0.1) is 12.3 Å². The SMILES string of the molecule is Cc1[nH]ncc1CNC(C)C1CCCO1. The van der Waals surface area contributed by atoms with E-state index in [1.54, 1.807) is 0 Å². The molecule has 1 aliphatic heterocycles. The monoisotopic (exact) mass is 209 g/mol. The molecule has 0 radical (unpaired) electrons. The minimum absolute atomic E-state index is 0.386. The summed E-state index contributed by atoms with van der Waals surface area (Å²) < 4.78 is 5.63. The average Bonchev–Trinajstić information content (AvgIpc) is 2.85. The highest BCUT2D eigenvalue weighted by molar-refractivity contribution is 5.13. The van der Waals surface area contributed by atoms with Crippen LogP contribution in [0.1, 0.15) is 31.0 Å². The fraction of sp³-hybridized carbons (Fsp3) is 0.727. The number of hydrogen-bond acceptors (Lipinski definition) is 3. The average molecular weight is 209 g/mol. The molecule has 2 unspecified atom stereocenters. The largest absolute Gasteiger partial charge is 0.377 e. The zero-order chi connectivity index (χ0) is 10.7. The molecule has 1 saturated heterocycles. The van der Waals surface area contributed by atoms with Crippen molar-refractivity contribution >= 4 is 0 Å². The molecule has 0 amide bonds. The van der Waals surface area contributed by atoms with Crippen LogP contribution in [0.4, 0.5) is 0 Å². The molecule has 0 saturated carbocycles. The molecule has 4 heteroatoms. The van der Waals surface area contributed by atoms with Gasteiger partial charge in [-0.3, -0.25) is 5.10 Å². The number of hydrogen-bond donors (Lipinski definition) is 2. The minimum atomic E-state index is 0.386. The van der Waals surface area contributed by atoms with Crippen molar-refractivity contribution in [3.63, 3.8) is 0 Å². The van der Waals surface area contributed by atoms with Crippen LogP contribution in [0.2, 0.25) is 0 Å². The Morgan fingerprint density at radius 2 is 2.60 bits per heavy atom. The summed E-state index contributed by atoms with van der Waals surface area (Å²) in [5.74, 6) is 0. The Kier molecular flexibility index (Phi) is 3.38. The predicted molar refractivity (Wildman–Crippen MR) is 58.6 cm³/mol. The number of ether oxygens (including phenoxy) is 1. The maximum atomic E-state index is 5.63. The first kappa shape index (κ1) is 10.6. The van der Waals surface area contributed by atoms with Gasteiger partial charge < -0.3 is 10.1 Å². The van der Waals surface area contributed by atoms with E-state index in [9.17, 15) is 0 Å². The number of rotatable bonds is 4. The summed E-state index contributed by atoms with van der Waals surface area (Å²) in [5, 5.41) is 10.4. The summed E-state index contributed by atoms with van der Waals surface area (Å²) in [6.07, 6.45) is 4.64. The van der Waals surface area contributed by atoms with Crippen LogP contribution in [0.25, 0.3) is 0 Å². The smallest absolute Gasteiger partial charge is 0.0726 e. The quantitative estimate of drug-likeness (QED) is 0.787. The minimum Gasteiger partial charge on any atom is -0.377 e. The van der Waals surface area contributed by atoms with Crippen molar-refractivity contribution in [1.82, 2.24) is 15.5 Å². The van der Waals surface area contributed by atoms with E-state index in [2.05, 4.69) is 22.4 Å². The Labute approximate surface area is 90.4 Å². The Morgan fingerprint density at radius 1 is 1.73 bits per heavy atom. The van der Waals surface area contributed by atoms with Crippen LogP contribution >= 0.6 is 0 Å². The Morgan fingerprint density at radius 3 is 3.20 bits per heavy atom. The molecule has 0 aliphatic carbocycles. The zero-order valence-corrected chi connectivity index (χ0v) is 9.42.